The first-order valence-corrected chi connectivity index (χ1v) is 10.1. The Morgan fingerprint density at radius 3 is 2.36 bits per heavy atom. The van der Waals surface area contributed by atoms with E-state index in [1.54, 1.807) is 11.8 Å². The lowest BCUT2D eigenvalue weighted by atomic mass is 10.0. The first-order valence-electron chi connectivity index (χ1n) is 7.08. The standard InChI is InChI=1S/C15H19N3OS3/c1-4-10-7-6-8-11(5-2)13(10)16-12(19)9-21-15-18-17-14(20-3)22-15/h6-8H,4-5,9H2,1-3H3,(H,16,19). The number of hydrogen-bond acceptors (Lipinski definition) is 6. The summed E-state index contributed by atoms with van der Waals surface area (Å²) in [5.74, 6) is 0.353. The number of carbonyl (C=O) groups is 1. The number of anilines is 1. The van der Waals surface area contributed by atoms with E-state index in [9.17, 15) is 4.79 Å². The van der Waals surface area contributed by atoms with Crippen LogP contribution in [0.2, 0.25) is 0 Å². The Morgan fingerprint density at radius 2 is 1.82 bits per heavy atom. The molecule has 1 aromatic carbocycles. The molecule has 0 bridgehead atoms. The quantitative estimate of drug-likeness (QED) is 0.759. The van der Waals surface area contributed by atoms with Crippen LogP contribution in [0.5, 0.6) is 0 Å². The van der Waals surface area contributed by atoms with E-state index in [1.165, 1.54) is 34.2 Å². The minimum absolute atomic E-state index is 0.00139. The monoisotopic (exact) mass is 353 g/mol. The maximum Gasteiger partial charge on any atom is 0.234 e. The Kier molecular flexibility index (Phi) is 6.72. The summed E-state index contributed by atoms with van der Waals surface area (Å²) in [7, 11) is 0. The topological polar surface area (TPSA) is 54.9 Å². The molecule has 0 radical (unpaired) electrons. The van der Waals surface area contributed by atoms with Crippen LogP contribution in [0, 0.1) is 0 Å². The molecule has 4 nitrogen and oxygen atoms in total. The number of rotatable bonds is 7. The molecule has 118 valence electrons. The molecule has 0 unspecified atom stereocenters. The SMILES string of the molecule is CCc1cccc(CC)c1NC(=O)CSc1nnc(SC)s1. The highest BCUT2D eigenvalue weighted by Gasteiger charge is 2.12. The number of thioether (sulfide) groups is 2. The van der Waals surface area contributed by atoms with E-state index in [1.807, 2.05) is 12.3 Å². The predicted molar refractivity (Wildman–Crippen MR) is 96.2 cm³/mol. The van der Waals surface area contributed by atoms with Gasteiger partial charge in [-0.1, -0.05) is 66.9 Å². The highest BCUT2D eigenvalue weighted by Crippen LogP contribution is 2.28. The molecule has 2 aromatic rings. The second-order valence-electron chi connectivity index (χ2n) is 4.53. The lowest BCUT2D eigenvalue weighted by Crippen LogP contribution is -2.16. The third-order valence-electron chi connectivity index (χ3n) is 3.15. The van der Waals surface area contributed by atoms with Crippen molar-refractivity contribution in [2.45, 2.75) is 35.4 Å². The minimum atomic E-state index is 0.00139. The maximum absolute atomic E-state index is 12.2. The van der Waals surface area contributed by atoms with Crippen LogP contribution in [0.1, 0.15) is 25.0 Å². The van der Waals surface area contributed by atoms with Crippen molar-refractivity contribution in [3.8, 4) is 0 Å². The number of benzene rings is 1. The molecule has 0 fully saturated rings. The Labute approximate surface area is 143 Å². The predicted octanol–water partition coefficient (Wildman–Crippen LogP) is 4.12. The van der Waals surface area contributed by atoms with E-state index in [0.29, 0.717) is 5.75 Å². The Hall–Kier alpha value is -1.05. The summed E-state index contributed by atoms with van der Waals surface area (Å²) in [4.78, 5) is 12.2. The summed E-state index contributed by atoms with van der Waals surface area (Å²) in [6, 6.07) is 6.18. The average molecular weight is 354 g/mol. The summed E-state index contributed by atoms with van der Waals surface area (Å²) in [6.07, 6.45) is 3.78. The largest absolute Gasteiger partial charge is 0.325 e. The molecule has 22 heavy (non-hydrogen) atoms. The van der Waals surface area contributed by atoms with Crippen LogP contribution in [0.3, 0.4) is 0 Å². The fourth-order valence-corrected chi connectivity index (χ4v) is 4.28. The molecule has 0 spiro atoms. The number of aromatic nitrogens is 2. The van der Waals surface area contributed by atoms with Crippen molar-refractivity contribution in [3.63, 3.8) is 0 Å². The van der Waals surface area contributed by atoms with Crippen LogP contribution in [0.25, 0.3) is 0 Å². The zero-order valence-corrected chi connectivity index (χ0v) is 15.3. The van der Waals surface area contributed by atoms with Gasteiger partial charge in [-0.15, -0.1) is 10.2 Å². The summed E-state index contributed by atoms with van der Waals surface area (Å²) in [6.45, 7) is 4.20. The van der Waals surface area contributed by atoms with Crippen molar-refractivity contribution >= 4 is 46.5 Å². The zero-order valence-electron chi connectivity index (χ0n) is 12.9. The smallest absolute Gasteiger partial charge is 0.234 e. The van der Waals surface area contributed by atoms with Crippen molar-refractivity contribution in [2.75, 3.05) is 17.3 Å². The van der Waals surface area contributed by atoms with Gasteiger partial charge in [0.15, 0.2) is 8.68 Å². The molecule has 1 aromatic heterocycles. The van der Waals surface area contributed by atoms with Crippen LogP contribution in [-0.4, -0.2) is 28.1 Å². The first kappa shape index (κ1) is 17.3. The van der Waals surface area contributed by atoms with E-state index < -0.39 is 0 Å². The molecule has 0 atom stereocenters. The van der Waals surface area contributed by atoms with Crippen molar-refractivity contribution in [1.82, 2.24) is 10.2 Å². The van der Waals surface area contributed by atoms with Crippen LogP contribution in [-0.2, 0) is 17.6 Å². The Bertz CT molecular complexity index is 620. The normalized spacial score (nSPS) is 10.7. The first-order chi connectivity index (χ1) is 10.7. The fraction of sp³-hybridized carbons (Fsp3) is 0.400. The second kappa shape index (κ2) is 8.55. The van der Waals surface area contributed by atoms with Crippen molar-refractivity contribution < 1.29 is 4.79 Å². The molecule has 7 heteroatoms. The molecule has 1 heterocycles. The molecule has 0 saturated carbocycles. The molecular formula is C15H19N3OS3. The molecule has 0 aliphatic heterocycles. The molecule has 2 rings (SSSR count). The number of nitrogens with one attached hydrogen (secondary N) is 1. The van der Waals surface area contributed by atoms with Crippen molar-refractivity contribution in [3.05, 3.63) is 29.3 Å². The number of hydrogen-bond donors (Lipinski definition) is 1. The molecule has 1 amide bonds. The van der Waals surface area contributed by atoms with E-state index in [0.717, 1.165) is 27.2 Å². The summed E-state index contributed by atoms with van der Waals surface area (Å²) in [5, 5.41) is 11.2. The van der Waals surface area contributed by atoms with E-state index in [2.05, 4.69) is 41.5 Å². The van der Waals surface area contributed by atoms with Gasteiger partial charge in [0.1, 0.15) is 0 Å². The van der Waals surface area contributed by atoms with Crippen LogP contribution >= 0.6 is 34.9 Å². The Morgan fingerprint density at radius 1 is 1.18 bits per heavy atom. The Balaban J connectivity index is 2.00. The zero-order chi connectivity index (χ0) is 15.9. The summed E-state index contributed by atoms with van der Waals surface area (Å²) in [5.41, 5.74) is 3.33. The number of para-hydroxylation sites is 1. The van der Waals surface area contributed by atoms with Gasteiger partial charge in [-0.3, -0.25) is 4.79 Å². The fourth-order valence-electron chi connectivity index (χ4n) is 2.04. The van der Waals surface area contributed by atoms with Gasteiger partial charge in [0.05, 0.1) is 5.75 Å². The van der Waals surface area contributed by atoms with Gasteiger partial charge in [-0.05, 0) is 30.2 Å². The van der Waals surface area contributed by atoms with E-state index in [-0.39, 0.29) is 5.91 Å². The molecule has 0 aliphatic carbocycles. The van der Waals surface area contributed by atoms with Crippen LogP contribution in [0.4, 0.5) is 5.69 Å². The number of nitrogens with zero attached hydrogens (tertiary/aromatic N) is 2. The number of amides is 1. The highest BCUT2D eigenvalue weighted by molar-refractivity contribution is 8.03. The summed E-state index contributed by atoms with van der Waals surface area (Å²) >= 11 is 4.52. The van der Waals surface area contributed by atoms with Gasteiger partial charge in [0.25, 0.3) is 0 Å². The molecule has 0 saturated heterocycles. The number of carbonyl (C=O) groups excluding carboxylic acids is 1. The van der Waals surface area contributed by atoms with Crippen molar-refractivity contribution in [1.29, 1.82) is 0 Å². The van der Waals surface area contributed by atoms with Gasteiger partial charge < -0.3 is 5.32 Å². The number of aryl methyl sites for hydroxylation is 2. The molecule has 1 N–H and O–H groups in total. The van der Waals surface area contributed by atoms with E-state index in [4.69, 9.17) is 0 Å². The second-order valence-corrected chi connectivity index (χ2v) is 7.79. The average Bonchev–Trinajstić information content (AvgIpc) is 3.01. The van der Waals surface area contributed by atoms with Crippen LogP contribution < -0.4 is 5.32 Å². The lowest BCUT2D eigenvalue weighted by molar-refractivity contribution is -0.113. The van der Waals surface area contributed by atoms with Gasteiger partial charge in [0, 0.05) is 5.69 Å². The van der Waals surface area contributed by atoms with Gasteiger partial charge >= 0.3 is 0 Å². The third-order valence-corrected chi connectivity index (χ3v) is 6.18. The van der Waals surface area contributed by atoms with Gasteiger partial charge in [0.2, 0.25) is 5.91 Å². The van der Waals surface area contributed by atoms with Gasteiger partial charge in [-0.2, -0.15) is 0 Å². The maximum atomic E-state index is 12.2. The summed E-state index contributed by atoms with van der Waals surface area (Å²) < 4.78 is 1.76. The third kappa shape index (κ3) is 4.47. The van der Waals surface area contributed by atoms with E-state index >= 15 is 0 Å². The van der Waals surface area contributed by atoms with Gasteiger partial charge in [-0.25, -0.2) is 0 Å². The van der Waals surface area contributed by atoms with Crippen molar-refractivity contribution in [2.24, 2.45) is 0 Å². The minimum Gasteiger partial charge on any atom is -0.325 e. The lowest BCUT2D eigenvalue weighted by Gasteiger charge is -2.14. The molecular weight excluding hydrogens is 334 g/mol. The highest BCUT2D eigenvalue weighted by atomic mass is 32.2. The molecule has 0 aliphatic rings. The van der Waals surface area contributed by atoms with Crippen LogP contribution in [0.15, 0.2) is 26.9 Å².